The van der Waals surface area contributed by atoms with Crippen molar-refractivity contribution in [3.63, 3.8) is 0 Å². The molecule has 92 valence electrons. The van der Waals surface area contributed by atoms with Crippen molar-refractivity contribution in [1.29, 1.82) is 0 Å². The van der Waals surface area contributed by atoms with E-state index < -0.39 is 5.97 Å². The maximum Gasteiger partial charge on any atom is 0.338 e. The van der Waals surface area contributed by atoms with Gasteiger partial charge < -0.3 is 4.74 Å². The van der Waals surface area contributed by atoms with E-state index in [2.05, 4.69) is 0 Å². The number of rotatable bonds is 5. The molecular weight excluding hydrogens is 216 g/mol. The highest BCUT2D eigenvalue weighted by molar-refractivity contribution is 6.06. The van der Waals surface area contributed by atoms with E-state index in [4.69, 9.17) is 4.74 Å². The molecule has 1 aromatic rings. The lowest BCUT2D eigenvalue weighted by Gasteiger charge is -2.09. The molecule has 0 aliphatic carbocycles. The van der Waals surface area contributed by atoms with E-state index in [1.54, 1.807) is 31.2 Å². The molecule has 0 amide bonds. The number of esters is 1. The van der Waals surface area contributed by atoms with E-state index in [9.17, 15) is 9.59 Å². The van der Waals surface area contributed by atoms with Gasteiger partial charge in [-0.15, -0.1) is 0 Å². The van der Waals surface area contributed by atoms with Gasteiger partial charge in [0.2, 0.25) is 0 Å². The monoisotopic (exact) mass is 234 g/mol. The number of benzene rings is 1. The molecule has 0 unspecified atom stereocenters. The summed E-state index contributed by atoms with van der Waals surface area (Å²) in [5.74, 6) is -0.175. The van der Waals surface area contributed by atoms with Gasteiger partial charge in [0.15, 0.2) is 5.78 Å². The Labute approximate surface area is 102 Å². The van der Waals surface area contributed by atoms with Crippen LogP contribution in [0.3, 0.4) is 0 Å². The van der Waals surface area contributed by atoms with Crippen LogP contribution in [-0.2, 0) is 4.74 Å². The summed E-state index contributed by atoms with van der Waals surface area (Å²) < 4.78 is 5.13. The summed E-state index contributed by atoms with van der Waals surface area (Å²) in [4.78, 5) is 23.5. The third kappa shape index (κ3) is 3.70. The van der Waals surface area contributed by atoms with Crippen LogP contribution in [0.15, 0.2) is 24.3 Å². The molecule has 3 heteroatoms. The zero-order valence-corrected chi connectivity index (χ0v) is 10.5. The highest BCUT2D eigenvalue weighted by Gasteiger charge is 2.16. The van der Waals surface area contributed by atoms with Crippen LogP contribution in [0.5, 0.6) is 0 Å². The van der Waals surface area contributed by atoms with Crippen molar-refractivity contribution >= 4 is 11.8 Å². The second kappa shape index (κ2) is 6.18. The zero-order chi connectivity index (χ0) is 12.8. The molecule has 0 saturated carbocycles. The van der Waals surface area contributed by atoms with Crippen LogP contribution in [0.1, 0.15) is 47.9 Å². The first kappa shape index (κ1) is 13.4. The van der Waals surface area contributed by atoms with Crippen LogP contribution in [0, 0.1) is 5.92 Å². The van der Waals surface area contributed by atoms with Crippen LogP contribution in [0.25, 0.3) is 0 Å². The van der Waals surface area contributed by atoms with Gasteiger partial charge in [-0.25, -0.2) is 4.79 Å². The number of Topliss-reactive ketones (excluding diaryl/α,β-unsaturated/α-hetero) is 1. The van der Waals surface area contributed by atoms with Gasteiger partial charge in [-0.1, -0.05) is 39.0 Å². The van der Waals surface area contributed by atoms with Crippen LogP contribution >= 0.6 is 0 Å². The van der Waals surface area contributed by atoms with Gasteiger partial charge in [0.25, 0.3) is 0 Å². The van der Waals surface area contributed by atoms with Crippen molar-refractivity contribution in [2.75, 3.05) is 6.61 Å². The SMILES string of the molecule is CCC(=O)c1ccccc1C(=O)OCC(C)C. The Morgan fingerprint density at radius 2 is 1.76 bits per heavy atom. The standard InChI is InChI=1S/C14H18O3/c1-4-13(15)11-7-5-6-8-12(11)14(16)17-9-10(2)3/h5-8,10H,4,9H2,1-3H3. The quantitative estimate of drug-likeness (QED) is 0.581. The highest BCUT2D eigenvalue weighted by atomic mass is 16.5. The maximum absolute atomic E-state index is 11.8. The van der Waals surface area contributed by atoms with Crippen molar-refractivity contribution < 1.29 is 14.3 Å². The summed E-state index contributed by atoms with van der Waals surface area (Å²) in [6.07, 6.45) is 0.383. The van der Waals surface area contributed by atoms with Crippen molar-refractivity contribution in [2.45, 2.75) is 27.2 Å². The predicted octanol–water partition coefficient (Wildman–Crippen LogP) is 3.09. The summed E-state index contributed by atoms with van der Waals surface area (Å²) in [5.41, 5.74) is 0.809. The Morgan fingerprint density at radius 1 is 1.18 bits per heavy atom. The zero-order valence-electron chi connectivity index (χ0n) is 10.5. The fraction of sp³-hybridized carbons (Fsp3) is 0.429. The van der Waals surface area contributed by atoms with Gasteiger partial charge in [0, 0.05) is 12.0 Å². The first-order valence-corrected chi connectivity index (χ1v) is 5.85. The second-order valence-corrected chi connectivity index (χ2v) is 4.31. The van der Waals surface area contributed by atoms with Gasteiger partial charge in [0.05, 0.1) is 12.2 Å². The minimum absolute atomic E-state index is 0.0397. The number of hydrogen-bond acceptors (Lipinski definition) is 3. The number of ether oxygens (including phenoxy) is 1. The first-order chi connectivity index (χ1) is 8.06. The minimum atomic E-state index is -0.420. The van der Waals surface area contributed by atoms with Crippen LogP contribution in [0.4, 0.5) is 0 Å². The minimum Gasteiger partial charge on any atom is -0.462 e. The molecule has 0 fully saturated rings. The Bertz CT molecular complexity index is 408. The number of hydrogen-bond donors (Lipinski definition) is 0. The third-order valence-electron chi connectivity index (χ3n) is 2.32. The van der Waals surface area contributed by atoms with Gasteiger partial charge in [-0.2, -0.15) is 0 Å². The molecule has 0 radical (unpaired) electrons. The normalized spacial score (nSPS) is 10.4. The van der Waals surface area contributed by atoms with Crippen LogP contribution < -0.4 is 0 Å². The number of ketones is 1. The predicted molar refractivity (Wildman–Crippen MR) is 66.2 cm³/mol. The molecule has 0 N–H and O–H groups in total. The van der Waals surface area contributed by atoms with Gasteiger partial charge in [0.1, 0.15) is 0 Å². The van der Waals surface area contributed by atoms with Gasteiger partial charge >= 0.3 is 5.97 Å². The number of carbonyl (C=O) groups is 2. The Hall–Kier alpha value is -1.64. The molecule has 0 heterocycles. The fourth-order valence-electron chi connectivity index (χ4n) is 1.41. The highest BCUT2D eigenvalue weighted by Crippen LogP contribution is 2.13. The van der Waals surface area contributed by atoms with E-state index in [-0.39, 0.29) is 11.7 Å². The Balaban J connectivity index is 2.89. The summed E-state index contributed by atoms with van der Waals surface area (Å²) in [6.45, 7) is 6.08. The lowest BCUT2D eigenvalue weighted by Crippen LogP contribution is -2.14. The lowest BCUT2D eigenvalue weighted by molar-refractivity contribution is 0.0456. The number of carbonyl (C=O) groups excluding carboxylic acids is 2. The molecule has 1 rings (SSSR count). The average Bonchev–Trinajstić information content (AvgIpc) is 2.34. The summed E-state index contributed by atoms with van der Waals surface area (Å²) in [5, 5.41) is 0. The fourth-order valence-corrected chi connectivity index (χ4v) is 1.41. The van der Waals surface area contributed by atoms with Gasteiger partial charge in [-0.05, 0) is 12.0 Å². The average molecular weight is 234 g/mol. The van der Waals surface area contributed by atoms with E-state index in [1.807, 2.05) is 13.8 Å². The molecule has 0 aliphatic rings. The topological polar surface area (TPSA) is 43.4 Å². The van der Waals surface area contributed by atoms with Crippen LogP contribution in [0.2, 0.25) is 0 Å². The first-order valence-electron chi connectivity index (χ1n) is 5.85. The molecule has 17 heavy (non-hydrogen) atoms. The van der Waals surface area contributed by atoms with E-state index in [0.717, 1.165) is 0 Å². The molecule has 3 nitrogen and oxygen atoms in total. The van der Waals surface area contributed by atoms with E-state index in [1.165, 1.54) is 0 Å². The maximum atomic E-state index is 11.8. The third-order valence-corrected chi connectivity index (χ3v) is 2.32. The molecule has 0 bridgehead atoms. The molecule has 1 aromatic carbocycles. The smallest absolute Gasteiger partial charge is 0.338 e. The largest absolute Gasteiger partial charge is 0.462 e. The van der Waals surface area contributed by atoms with Crippen molar-refractivity contribution in [1.82, 2.24) is 0 Å². The molecule has 0 saturated heterocycles. The molecule has 0 aromatic heterocycles. The molecule has 0 atom stereocenters. The summed E-state index contributed by atoms with van der Waals surface area (Å²) >= 11 is 0. The van der Waals surface area contributed by atoms with Crippen molar-refractivity contribution in [2.24, 2.45) is 5.92 Å². The van der Waals surface area contributed by atoms with Crippen LogP contribution in [-0.4, -0.2) is 18.4 Å². The molecular formula is C14H18O3. The summed E-state index contributed by atoms with van der Waals surface area (Å²) in [6, 6.07) is 6.78. The summed E-state index contributed by atoms with van der Waals surface area (Å²) in [7, 11) is 0. The van der Waals surface area contributed by atoms with Crippen molar-refractivity contribution in [3.05, 3.63) is 35.4 Å². The lowest BCUT2D eigenvalue weighted by atomic mass is 10.0. The Kier molecular flexibility index (Phi) is 4.88. The molecule has 0 spiro atoms. The Morgan fingerprint density at radius 3 is 2.29 bits per heavy atom. The molecule has 0 aliphatic heterocycles. The second-order valence-electron chi connectivity index (χ2n) is 4.31. The van der Waals surface area contributed by atoms with Crippen molar-refractivity contribution in [3.8, 4) is 0 Å². The van der Waals surface area contributed by atoms with E-state index in [0.29, 0.717) is 24.2 Å². The van der Waals surface area contributed by atoms with E-state index >= 15 is 0 Å². The van der Waals surface area contributed by atoms with Gasteiger partial charge in [-0.3, -0.25) is 4.79 Å².